The fourth-order valence-corrected chi connectivity index (χ4v) is 3.45. The first-order valence-corrected chi connectivity index (χ1v) is 9.51. The number of rotatable bonds is 5. The maximum atomic E-state index is 11.8. The third-order valence-corrected chi connectivity index (χ3v) is 4.99. The Balaban J connectivity index is 1.87. The number of ketones is 1. The quantitative estimate of drug-likeness (QED) is 0.344. The second kappa shape index (κ2) is 8.17. The Hall–Kier alpha value is -3.99. The Kier molecular flexibility index (Phi) is 5.26. The zero-order chi connectivity index (χ0) is 21.1. The molecule has 148 valence electrons. The topological polar surface area (TPSA) is 61.2 Å². The van der Waals surface area contributed by atoms with E-state index in [9.17, 15) is 9.59 Å². The van der Waals surface area contributed by atoms with Gasteiger partial charge in [0.25, 0.3) is 0 Å². The summed E-state index contributed by atoms with van der Waals surface area (Å²) in [5.41, 5.74) is 6.00. The lowest BCUT2D eigenvalue weighted by Crippen LogP contribution is -2.02. The number of carbonyl (C=O) groups excluding carboxylic acids is 2. The van der Waals surface area contributed by atoms with Crippen molar-refractivity contribution in [1.82, 2.24) is 9.78 Å². The zero-order valence-electron chi connectivity index (χ0n) is 16.7. The molecule has 0 N–H and O–H groups in total. The number of aromatic nitrogens is 2. The van der Waals surface area contributed by atoms with E-state index < -0.39 is 0 Å². The van der Waals surface area contributed by atoms with Crippen LogP contribution in [0.25, 0.3) is 27.9 Å². The molecule has 0 fully saturated rings. The predicted molar refractivity (Wildman–Crippen MR) is 116 cm³/mol. The van der Waals surface area contributed by atoms with Gasteiger partial charge in [0.05, 0.1) is 18.4 Å². The number of ether oxygens (including phenoxy) is 1. The molecule has 5 nitrogen and oxygen atoms in total. The lowest BCUT2D eigenvalue weighted by molar-refractivity contribution is 0.0600. The van der Waals surface area contributed by atoms with Gasteiger partial charge in [0, 0.05) is 29.1 Å². The fraction of sp³-hybridized carbons (Fsp3) is 0.0800. The van der Waals surface area contributed by atoms with Gasteiger partial charge in [-0.2, -0.15) is 5.10 Å². The third-order valence-electron chi connectivity index (χ3n) is 4.99. The van der Waals surface area contributed by atoms with E-state index in [1.54, 1.807) is 25.3 Å². The molecule has 0 saturated carbocycles. The number of hydrogen-bond acceptors (Lipinski definition) is 4. The molecule has 4 aromatic rings. The largest absolute Gasteiger partial charge is 0.465 e. The van der Waals surface area contributed by atoms with Gasteiger partial charge < -0.3 is 4.74 Å². The monoisotopic (exact) mass is 396 g/mol. The second-order valence-corrected chi connectivity index (χ2v) is 6.85. The minimum atomic E-state index is -0.367. The van der Waals surface area contributed by atoms with Gasteiger partial charge in [-0.25, -0.2) is 9.48 Å². The number of carbonyl (C=O) groups is 2. The van der Waals surface area contributed by atoms with Crippen LogP contribution in [0, 0.1) is 0 Å². The van der Waals surface area contributed by atoms with E-state index in [4.69, 9.17) is 4.74 Å². The predicted octanol–water partition coefficient (Wildman–Crippen LogP) is 5.20. The van der Waals surface area contributed by atoms with E-state index in [1.807, 2.05) is 71.5 Å². The summed E-state index contributed by atoms with van der Waals surface area (Å²) < 4.78 is 6.62. The number of nitrogens with zero attached hydrogens (tertiary/aromatic N) is 2. The van der Waals surface area contributed by atoms with Crippen molar-refractivity contribution in [2.24, 2.45) is 0 Å². The second-order valence-electron chi connectivity index (χ2n) is 6.85. The first kappa shape index (κ1) is 19.3. The van der Waals surface area contributed by atoms with Crippen molar-refractivity contribution in [3.05, 3.63) is 96.3 Å². The molecule has 0 aliphatic carbocycles. The highest BCUT2D eigenvalue weighted by atomic mass is 16.5. The summed E-state index contributed by atoms with van der Waals surface area (Å²) in [6.45, 7) is 1.56. The van der Waals surface area contributed by atoms with Crippen LogP contribution in [0.1, 0.15) is 27.6 Å². The lowest BCUT2D eigenvalue weighted by atomic mass is 9.94. The van der Waals surface area contributed by atoms with Crippen LogP contribution in [-0.2, 0) is 4.74 Å². The van der Waals surface area contributed by atoms with Crippen LogP contribution < -0.4 is 0 Å². The number of methoxy groups -OCH3 is 1. The van der Waals surface area contributed by atoms with E-state index in [-0.39, 0.29) is 11.8 Å². The Morgan fingerprint density at radius 2 is 1.37 bits per heavy atom. The molecular weight excluding hydrogens is 376 g/mol. The highest BCUT2D eigenvalue weighted by Crippen LogP contribution is 2.35. The Bertz CT molecular complexity index is 1190. The summed E-state index contributed by atoms with van der Waals surface area (Å²) in [7, 11) is 1.37. The number of para-hydroxylation sites is 1. The average molecular weight is 396 g/mol. The summed E-state index contributed by atoms with van der Waals surface area (Å²) in [6, 6.07) is 22.8. The van der Waals surface area contributed by atoms with Crippen molar-refractivity contribution in [3.63, 3.8) is 0 Å². The van der Waals surface area contributed by atoms with Crippen LogP contribution >= 0.6 is 0 Å². The number of benzene rings is 3. The molecule has 0 unspecified atom stereocenters. The molecule has 0 aliphatic rings. The van der Waals surface area contributed by atoms with Crippen LogP contribution in [-0.4, -0.2) is 28.6 Å². The fourth-order valence-electron chi connectivity index (χ4n) is 3.45. The normalized spacial score (nSPS) is 10.6. The van der Waals surface area contributed by atoms with E-state index in [0.29, 0.717) is 11.1 Å². The Labute approximate surface area is 174 Å². The van der Waals surface area contributed by atoms with Crippen LogP contribution in [0.5, 0.6) is 0 Å². The molecule has 0 bridgehead atoms. The molecule has 0 saturated heterocycles. The van der Waals surface area contributed by atoms with Gasteiger partial charge in [0.2, 0.25) is 0 Å². The van der Waals surface area contributed by atoms with E-state index in [1.165, 1.54) is 7.11 Å². The average Bonchev–Trinajstić information content (AvgIpc) is 3.33. The van der Waals surface area contributed by atoms with Gasteiger partial charge >= 0.3 is 5.97 Å². The summed E-state index contributed by atoms with van der Waals surface area (Å²) in [5, 5.41) is 4.45. The molecule has 0 spiro atoms. The molecule has 4 rings (SSSR count). The number of esters is 1. The molecule has 0 aliphatic heterocycles. The first-order chi connectivity index (χ1) is 14.6. The molecule has 30 heavy (non-hydrogen) atoms. The first-order valence-electron chi connectivity index (χ1n) is 9.51. The summed E-state index contributed by atoms with van der Waals surface area (Å²) >= 11 is 0. The molecule has 0 atom stereocenters. The highest BCUT2D eigenvalue weighted by Gasteiger charge is 2.15. The molecule has 0 amide bonds. The molecule has 5 heteroatoms. The molecule has 0 radical (unpaired) electrons. The smallest absolute Gasteiger partial charge is 0.337 e. The summed E-state index contributed by atoms with van der Waals surface area (Å²) in [6.07, 6.45) is 3.63. The van der Waals surface area contributed by atoms with Gasteiger partial charge in [-0.3, -0.25) is 4.79 Å². The molecule has 1 aromatic heterocycles. The summed E-state index contributed by atoms with van der Waals surface area (Å²) in [4.78, 5) is 23.4. The molecule has 1 heterocycles. The van der Waals surface area contributed by atoms with E-state index in [0.717, 1.165) is 27.9 Å². The Morgan fingerprint density at radius 1 is 0.800 bits per heavy atom. The van der Waals surface area contributed by atoms with Gasteiger partial charge in [-0.1, -0.05) is 54.6 Å². The van der Waals surface area contributed by atoms with Gasteiger partial charge in [0.1, 0.15) is 0 Å². The number of Topliss-reactive ketones (excluding diaryl/α,β-unsaturated/α-hetero) is 1. The van der Waals surface area contributed by atoms with Crippen LogP contribution in [0.15, 0.2) is 85.2 Å². The van der Waals surface area contributed by atoms with Crippen molar-refractivity contribution in [2.75, 3.05) is 7.11 Å². The highest BCUT2D eigenvalue weighted by molar-refractivity contribution is 5.95. The standard InChI is InChI=1S/C25H20N2O3/c1-17(28)18-7-9-19(10-8-18)22-5-3-6-23(24(22)27-16-4-15-26-27)20-11-13-21(14-12-20)25(29)30-2/h3-16H,1-2H3. The third kappa shape index (κ3) is 3.65. The van der Waals surface area contributed by atoms with Crippen molar-refractivity contribution < 1.29 is 14.3 Å². The Morgan fingerprint density at radius 3 is 1.83 bits per heavy atom. The van der Waals surface area contributed by atoms with Gasteiger partial charge in [-0.15, -0.1) is 0 Å². The maximum absolute atomic E-state index is 11.8. The van der Waals surface area contributed by atoms with E-state index >= 15 is 0 Å². The van der Waals surface area contributed by atoms with Crippen LogP contribution in [0.2, 0.25) is 0 Å². The van der Waals surface area contributed by atoms with Crippen LogP contribution in [0.3, 0.4) is 0 Å². The zero-order valence-corrected chi connectivity index (χ0v) is 16.7. The SMILES string of the molecule is COC(=O)c1ccc(-c2cccc(-c3ccc(C(C)=O)cc3)c2-n2cccn2)cc1. The maximum Gasteiger partial charge on any atom is 0.337 e. The number of hydrogen-bond donors (Lipinski definition) is 0. The van der Waals surface area contributed by atoms with Crippen molar-refractivity contribution in [3.8, 4) is 27.9 Å². The summed E-state index contributed by atoms with van der Waals surface area (Å²) in [5.74, 6) is -0.332. The van der Waals surface area contributed by atoms with Crippen LogP contribution in [0.4, 0.5) is 0 Å². The van der Waals surface area contributed by atoms with Crippen molar-refractivity contribution in [1.29, 1.82) is 0 Å². The minimum Gasteiger partial charge on any atom is -0.465 e. The van der Waals surface area contributed by atoms with Gasteiger partial charge in [-0.05, 0) is 36.2 Å². The molecular formula is C25H20N2O3. The van der Waals surface area contributed by atoms with Gasteiger partial charge in [0.15, 0.2) is 5.78 Å². The van der Waals surface area contributed by atoms with Crippen molar-refractivity contribution >= 4 is 11.8 Å². The molecule has 3 aromatic carbocycles. The minimum absolute atomic E-state index is 0.0355. The van der Waals surface area contributed by atoms with Crippen molar-refractivity contribution in [2.45, 2.75) is 6.92 Å². The van der Waals surface area contributed by atoms with E-state index in [2.05, 4.69) is 5.10 Å². The lowest BCUT2D eigenvalue weighted by Gasteiger charge is -2.16.